The number of hydrogen-bond donors (Lipinski definition) is 0. The third kappa shape index (κ3) is 42.4. The summed E-state index contributed by atoms with van der Waals surface area (Å²) in [6.45, 7) is 4.22. The number of rotatable bonds is 43. The van der Waals surface area contributed by atoms with Crippen LogP contribution in [-0.2, 0) is 32.7 Å². The molecule has 0 saturated carbocycles. The van der Waals surface area contributed by atoms with E-state index < -0.39 is 26.5 Å². The normalized spacial score (nSPS) is 13.6. The zero-order valence-electron chi connectivity index (χ0n) is 37.3. The number of allylic oxidation sites excluding steroid dienone is 2. The Kier molecular flexibility index (Phi) is 38.3. The molecule has 0 saturated heterocycles. The standard InChI is InChI=1S/C46H90NO8P/c1-6-8-10-12-14-16-18-20-22-23-25-26-28-30-32-34-36-38-45(48)52-42-44(43-54-56(50,51)53-41-40-47(3,4)5)55-46(49)39-37-35-33-31-29-27-24-21-19-17-15-13-11-9-7-2/h33,35,44H,6-32,34,36-43H2,1-5H3/b35-33-. The Hall–Kier alpha value is -1.25. The smallest absolute Gasteiger partial charge is 0.306 e. The highest BCUT2D eigenvalue weighted by Gasteiger charge is 2.21. The number of ether oxygens (including phenoxy) is 2. The molecular weight excluding hydrogens is 725 g/mol. The second-order valence-corrected chi connectivity index (χ2v) is 18.5. The van der Waals surface area contributed by atoms with Gasteiger partial charge in [0.1, 0.15) is 19.8 Å². The predicted molar refractivity (Wildman–Crippen MR) is 231 cm³/mol. The molecule has 0 radical (unpaired) electrons. The van der Waals surface area contributed by atoms with Crippen LogP contribution < -0.4 is 4.89 Å². The molecule has 0 rings (SSSR count). The molecule has 0 heterocycles. The Morgan fingerprint density at radius 2 is 0.946 bits per heavy atom. The first kappa shape index (κ1) is 54.8. The van der Waals surface area contributed by atoms with E-state index in [1.165, 1.54) is 154 Å². The molecule has 0 fully saturated rings. The summed E-state index contributed by atoms with van der Waals surface area (Å²) in [4.78, 5) is 37.5. The van der Waals surface area contributed by atoms with Crippen LogP contribution in [0, 0.1) is 0 Å². The summed E-state index contributed by atoms with van der Waals surface area (Å²) >= 11 is 0. The average molecular weight is 816 g/mol. The van der Waals surface area contributed by atoms with Crippen LogP contribution in [0.5, 0.6) is 0 Å². The third-order valence-electron chi connectivity index (χ3n) is 10.3. The number of carbonyl (C=O) groups excluding carboxylic acids is 2. The van der Waals surface area contributed by atoms with Crippen molar-refractivity contribution >= 4 is 19.8 Å². The highest BCUT2D eigenvalue weighted by Crippen LogP contribution is 2.38. The van der Waals surface area contributed by atoms with Crippen molar-refractivity contribution in [3.63, 3.8) is 0 Å². The Morgan fingerprint density at radius 1 is 0.536 bits per heavy atom. The van der Waals surface area contributed by atoms with E-state index in [0.29, 0.717) is 17.4 Å². The predicted octanol–water partition coefficient (Wildman–Crippen LogP) is 12.7. The van der Waals surface area contributed by atoms with Crippen LogP contribution in [0.4, 0.5) is 0 Å². The minimum atomic E-state index is -4.63. The molecule has 0 bridgehead atoms. The monoisotopic (exact) mass is 816 g/mol. The minimum absolute atomic E-state index is 0.0331. The number of phosphoric acid groups is 1. The fraction of sp³-hybridized carbons (Fsp3) is 0.913. The van der Waals surface area contributed by atoms with Gasteiger partial charge in [0.25, 0.3) is 7.82 Å². The van der Waals surface area contributed by atoms with Crippen LogP contribution in [-0.4, -0.2) is 70.0 Å². The van der Waals surface area contributed by atoms with E-state index in [0.717, 1.165) is 32.1 Å². The van der Waals surface area contributed by atoms with Gasteiger partial charge in [-0.15, -0.1) is 0 Å². The lowest BCUT2D eigenvalue weighted by Crippen LogP contribution is -2.37. The minimum Gasteiger partial charge on any atom is -0.756 e. The van der Waals surface area contributed by atoms with Gasteiger partial charge in [-0.2, -0.15) is 0 Å². The zero-order valence-corrected chi connectivity index (χ0v) is 38.2. The molecule has 2 atom stereocenters. The molecule has 0 aliphatic rings. The van der Waals surface area contributed by atoms with Gasteiger partial charge in [0.05, 0.1) is 27.7 Å². The lowest BCUT2D eigenvalue weighted by molar-refractivity contribution is -0.870. The quantitative estimate of drug-likeness (QED) is 0.0197. The van der Waals surface area contributed by atoms with Crippen molar-refractivity contribution in [3.05, 3.63) is 12.2 Å². The first-order chi connectivity index (χ1) is 27.0. The lowest BCUT2D eigenvalue weighted by Gasteiger charge is -2.28. The summed E-state index contributed by atoms with van der Waals surface area (Å²) in [5, 5.41) is 0. The Labute approximate surface area is 346 Å². The Bertz CT molecular complexity index is 969. The highest BCUT2D eigenvalue weighted by atomic mass is 31.2. The fourth-order valence-corrected chi connectivity index (χ4v) is 7.34. The van der Waals surface area contributed by atoms with Crippen LogP contribution in [0.25, 0.3) is 0 Å². The van der Waals surface area contributed by atoms with Gasteiger partial charge in [-0.1, -0.05) is 193 Å². The maximum atomic E-state index is 12.7. The van der Waals surface area contributed by atoms with E-state index in [2.05, 4.69) is 19.9 Å². The second kappa shape index (κ2) is 39.2. The van der Waals surface area contributed by atoms with E-state index in [4.69, 9.17) is 18.5 Å². The van der Waals surface area contributed by atoms with Crippen molar-refractivity contribution in [2.24, 2.45) is 0 Å². The van der Waals surface area contributed by atoms with Crippen LogP contribution in [0.2, 0.25) is 0 Å². The zero-order chi connectivity index (χ0) is 41.4. The van der Waals surface area contributed by atoms with E-state index in [1.54, 1.807) is 0 Å². The maximum Gasteiger partial charge on any atom is 0.306 e. The average Bonchev–Trinajstić information content (AvgIpc) is 3.15. The SMILES string of the molecule is CCCCCCCCCCCCC/C=C\CCC(=O)OC(COC(=O)CCCCCCCCCCCCCCCCCCC)COP(=O)([O-])OCC[N+](C)(C)C. The molecular formula is C46H90NO8P. The number of likely N-dealkylation sites (N-methyl/N-ethyl adjacent to an activating group) is 1. The van der Waals surface area contributed by atoms with Gasteiger partial charge in [0, 0.05) is 12.8 Å². The van der Waals surface area contributed by atoms with Gasteiger partial charge >= 0.3 is 11.9 Å². The number of phosphoric ester groups is 1. The van der Waals surface area contributed by atoms with Crippen molar-refractivity contribution in [2.45, 2.75) is 225 Å². The highest BCUT2D eigenvalue weighted by molar-refractivity contribution is 7.45. The molecule has 0 aromatic carbocycles. The van der Waals surface area contributed by atoms with E-state index in [1.807, 2.05) is 27.2 Å². The van der Waals surface area contributed by atoms with E-state index in [-0.39, 0.29) is 32.0 Å². The topological polar surface area (TPSA) is 111 Å². The molecule has 0 N–H and O–H groups in total. The van der Waals surface area contributed by atoms with Crippen molar-refractivity contribution in [1.29, 1.82) is 0 Å². The summed E-state index contributed by atoms with van der Waals surface area (Å²) in [5.74, 6) is -0.879. The van der Waals surface area contributed by atoms with Gasteiger partial charge in [0.2, 0.25) is 0 Å². The summed E-state index contributed by atoms with van der Waals surface area (Å²) in [5.41, 5.74) is 0. The number of hydrogen-bond acceptors (Lipinski definition) is 8. The van der Waals surface area contributed by atoms with Crippen LogP contribution in [0.1, 0.15) is 219 Å². The Morgan fingerprint density at radius 3 is 1.39 bits per heavy atom. The van der Waals surface area contributed by atoms with Gasteiger partial charge in [-0.25, -0.2) is 0 Å². The van der Waals surface area contributed by atoms with E-state index >= 15 is 0 Å². The molecule has 10 heteroatoms. The molecule has 0 aromatic heterocycles. The number of quaternary nitrogens is 1. The van der Waals surface area contributed by atoms with Crippen LogP contribution >= 0.6 is 7.82 Å². The number of carbonyl (C=O) groups is 2. The lowest BCUT2D eigenvalue weighted by atomic mass is 10.0. The second-order valence-electron chi connectivity index (χ2n) is 17.1. The number of unbranched alkanes of at least 4 members (excludes halogenated alkanes) is 27. The summed E-state index contributed by atoms with van der Waals surface area (Å²) in [6.07, 6.45) is 41.1. The first-order valence-corrected chi connectivity index (χ1v) is 24.9. The fourth-order valence-electron chi connectivity index (χ4n) is 6.61. The van der Waals surface area contributed by atoms with Gasteiger partial charge in [0.15, 0.2) is 6.10 Å². The van der Waals surface area contributed by atoms with Crippen molar-refractivity contribution in [3.8, 4) is 0 Å². The Balaban J connectivity index is 4.32. The molecule has 0 aliphatic heterocycles. The van der Waals surface area contributed by atoms with Crippen LogP contribution in [0.15, 0.2) is 12.2 Å². The maximum absolute atomic E-state index is 12.7. The van der Waals surface area contributed by atoms with Crippen molar-refractivity contribution in [1.82, 2.24) is 0 Å². The van der Waals surface area contributed by atoms with Crippen molar-refractivity contribution in [2.75, 3.05) is 47.5 Å². The number of nitrogens with zero attached hydrogens (tertiary/aromatic N) is 1. The number of esters is 2. The molecule has 332 valence electrons. The summed E-state index contributed by atoms with van der Waals surface area (Å²) < 4.78 is 33.9. The molecule has 0 spiro atoms. The summed E-state index contributed by atoms with van der Waals surface area (Å²) in [6, 6.07) is 0. The van der Waals surface area contributed by atoms with Gasteiger partial charge < -0.3 is 27.9 Å². The van der Waals surface area contributed by atoms with Gasteiger partial charge in [-0.3, -0.25) is 14.2 Å². The van der Waals surface area contributed by atoms with Crippen LogP contribution in [0.3, 0.4) is 0 Å². The molecule has 56 heavy (non-hydrogen) atoms. The van der Waals surface area contributed by atoms with Gasteiger partial charge in [-0.05, 0) is 25.7 Å². The molecule has 0 amide bonds. The van der Waals surface area contributed by atoms with Crippen molar-refractivity contribution < 1.29 is 42.1 Å². The molecule has 0 aromatic rings. The van der Waals surface area contributed by atoms with E-state index in [9.17, 15) is 19.0 Å². The third-order valence-corrected chi connectivity index (χ3v) is 11.3. The summed E-state index contributed by atoms with van der Waals surface area (Å²) in [7, 11) is 1.16. The first-order valence-electron chi connectivity index (χ1n) is 23.4. The largest absolute Gasteiger partial charge is 0.756 e. The molecule has 0 aliphatic carbocycles. The molecule has 9 nitrogen and oxygen atoms in total. The molecule has 2 unspecified atom stereocenters.